The highest BCUT2D eigenvalue weighted by Crippen LogP contribution is 2.39. The number of likely N-dealkylation sites (tertiary alicyclic amines) is 1. The Morgan fingerprint density at radius 1 is 1.04 bits per heavy atom. The van der Waals surface area contributed by atoms with Gasteiger partial charge in [-0.15, -0.1) is 0 Å². The SMILES string of the molecule is COc1ccccc1C1CC(C(=O)O)N(C(=O)OC(C)(C)C)C(C(=O)O)C1. The van der Waals surface area contributed by atoms with Gasteiger partial charge in [0, 0.05) is 0 Å². The van der Waals surface area contributed by atoms with E-state index in [0.29, 0.717) is 5.75 Å². The van der Waals surface area contributed by atoms with Crippen LogP contribution in [-0.2, 0) is 14.3 Å². The summed E-state index contributed by atoms with van der Waals surface area (Å²) in [5.74, 6) is -2.37. The monoisotopic (exact) mass is 379 g/mol. The van der Waals surface area contributed by atoms with Gasteiger partial charge in [0.15, 0.2) is 0 Å². The first kappa shape index (κ1) is 20.5. The van der Waals surface area contributed by atoms with Crippen molar-refractivity contribution >= 4 is 18.0 Å². The van der Waals surface area contributed by atoms with Gasteiger partial charge in [-0.05, 0) is 51.2 Å². The molecule has 1 aromatic carbocycles. The van der Waals surface area contributed by atoms with Crippen LogP contribution in [-0.4, -0.2) is 57.9 Å². The van der Waals surface area contributed by atoms with Crippen molar-refractivity contribution in [2.24, 2.45) is 0 Å². The molecule has 0 radical (unpaired) electrons. The lowest BCUT2D eigenvalue weighted by Crippen LogP contribution is -2.58. The van der Waals surface area contributed by atoms with Crippen LogP contribution in [0.3, 0.4) is 0 Å². The maximum Gasteiger partial charge on any atom is 0.411 e. The van der Waals surface area contributed by atoms with Crippen LogP contribution >= 0.6 is 0 Å². The number of carboxylic acid groups (broad SMARTS) is 2. The minimum atomic E-state index is -1.32. The lowest BCUT2D eigenvalue weighted by atomic mass is 9.81. The Hall–Kier alpha value is -2.77. The predicted octanol–water partition coefficient (Wildman–Crippen LogP) is 2.72. The number of carbonyl (C=O) groups excluding carboxylic acids is 1. The maximum atomic E-state index is 12.6. The zero-order valence-corrected chi connectivity index (χ0v) is 15.8. The summed E-state index contributed by atoms with van der Waals surface area (Å²) in [7, 11) is 1.50. The summed E-state index contributed by atoms with van der Waals surface area (Å²) in [6.45, 7) is 4.91. The van der Waals surface area contributed by atoms with Gasteiger partial charge in [0.2, 0.25) is 0 Å². The molecule has 0 bridgehead atoms. The van der Waals surface area contributed by atoms with Gasteiger partial charge in [-0.3, -0.25) is 4.90 Å². The Morgan fingerprint density at radius 2 is 1.56 bits per heavy atom. The number of aliphatic carboxylic acids is 2. The zero-order chi connectivity index (χ0) is 20.4. The summed E-state index contributed by atoms with van der Waals surface area (Å²) >= 11 is 0. The Morgan fingerprint density at radius 3 is 2.00 bits per heavy atom. The van der Waals surface area contributed by atoms with Gasteiger partial charge in [0.05, 0.1) is 7.11 Å². The van der Waals surface area contributed by atoms with Gasteiger partial charge in [-0.2, -0.15) is 0 Å². The summed E-state index contributed by atoms with van der Waals surface area (Å²) in [6.07, 6.45) is -0.807. The number of carbonyl (C=O) groups is 3. The molecule has 1 amide bonds. The fourth-order valence-electron chi connectivity index (χ4n) is 3.35. The van der Waals surface area contributed by atoms with E-state index in [0.717, 1.165) is 10.5 Å². The number of rotatable bonds is 4. The van der Waals surface area contributed by atoms with Crippen LogP contribution in [0.25, 0.3) is 0 Å². The first-order valence-corrected chi connectivity index (χ1v) is 8.65. The predicted molar refractivity (Wildman–Crippen MR) is 95.9 cm³/mol. The summed E-state index contributed by atoms with van der Waals surface area (Å²) in [5, 5.41) is 19.3. The summed E-state index contributed by atoms with van der Waals surface area (Å²) in [4.78, 5) is 37.1. The number of para-hydroxylation sites is 1. The van der Waals surface area contributed by atoms with Crippen molar-refractivity contribution in [3.63, 3.8) is 0 Å². The Kier molecular flexibility index (Phi) is 5.98. The molecule has 1 aromatic rings. The maximum absolute atomic E-state index is 12.6. The molecule has 8 heteroatoms. The van der Waals surface area contributed by atoms with Crippen LogP contribution in [0, 0.1) is 0 Å². The third-order valence-electron chi connectivity index (χ3n) is 4.44. The van der Waals surface area contributed by atoms with Gasteiger partial charge in [-0.25, -0.2) is 14.4 Å². The fraction of sp³-hybridized carbons (Fsp3) is 0.526. The second-order valence-corrected chi connectivity index (χ2v) is 7.51. The van der Waals surface area contributed by atoms with Gasteiger partial charge in [0.25, 0.3) is 0 Å². The minimum Gasteiger partial charge on any atom is -0.496 e. The van der Waals surface area contributed by atoms with E-state index in [1.807, 2.05) is 0 Å². The van der Waals surface area contributed by atoms with Crippen molar-refractivity contribution in [1.82, 2.24) is 4.90 Å². The molecule has 0 aromatic heterocycles. The molecule has 1 saturated heterocycles. The molecule has 148 valence electrons. The van der Waals surface area contributed by atoms with Crippen molar-refractivity contribution in [3.05, 3.63) is 29.8 Å². The van der Waals surface area contributed by atoms with Crippen molar-refractivity contribution in [1.29, 1.82) is 0 Å². The second-order valence-electron chi connectivity index (χ2n) is 7.51. The average molecular weight is 379 g/mol. The molecule has 2 unspecified atom stereocenters. The zero-order valence-electron chi connectivity index (χ0n) is 15.8. The molecule has 1 fully saturated rings. The number of benzene rings is 1. The standard InChI is InChI=1S/C19H25NO7/c1-19(2,3)27-18(25)20-13(16(21)22)9-11(10-14(20)17(23)24)12-7-5-6-8-15(12)26-4/h5-8,11,13-14H,9-10H2,1-4H3,(H,21,22)(H,23,24). The fourth-order valence-corrected chi connectivity index (χ4v) is 3.35. The largest absolute Gasteiger partial charge is 0.496 e. The van der Waals surface area contributed by atoms with E-state index in [1.165, 1.54) is 7.11 Å². The van der Waals surface area contributed by atoms with E-state index in [4.69, 9.17) is 9.47 Å². The number of piperidine rings is 1. The number of methoxy groups -OCH3 is 1. The first-order valence-electron chi connectivity index (χ1n) is 8.65. The van der Waals surface area contributed by atoms with Crippen LogP contribution in [0.1, 0.15) is 45.1 Å². The van der Waals surface area contributed by atoms with Crippen LogP contribution in [0.4, 0.5) is 4.79 Å². The summed E-state index contributed by atoms with van der Waals surface area (Å²) in [5.41, 5.74) is -0.149. The highest BCUT2D eigenvalue weighted by molar-refractivity contribution is 5.86. The van der Waals surface area contributed by atoms with Crippen molar-refractivity contribution in [3.8, 4) is 5.75 Å². The Balaban J connectivity index is 2.42. The number of nitrogens with zero attached hydrogens (tertiary/aromatic N) is 1. The number of ether oxygens (including phenoxy) is 2. The number of amides is 1. The van der Waals surface area contributed by atoms with Gasteiger partial charge in [-0.1, -0.05) is 18.2 Å². The van der Waals surface area contributed by atoms with Crippen LogP contribution in [0.15, 0.2) is 24.3 Å². The molecule has 1 aliphatic heterocycles. The van der Waals surface area contributed by atoms with E-state index >= 15 is 0 Å². The van der Waals surface area contributed by atoms with Crippen molar-refractivity contribution < 1.29 is 34.1 Å². The molecule has 1 aliphatic rings. The molecule has 0 aliphatic carbocycles. The number of carboxylic acids is 2. The molecular formula is C19H25NO7. The molecule has 1 heterocycles. The number of hydrogen-bond acceptors (Lipinski definition) is 5. The summed E-state index contributed by atoms with van der Waals surface area (Å²) in [6, 6.07) is 4.45. The average Bonchev–Trinajstić information content (AvgIpc) is 2.58. The smallest absolute Gasteiger partial charge is 0.411 e. The topological polar surface area (TPSA) is 113 Å². The van der Waals surface area contributed by atoms with E-state index in [-0.39, 0.29) is 18.8 Å². The van der Waals surface area contributed by atoms with Gasteiger partial charge >= 0.3 is 18.0 Å². The molecule has 2 atom stereocenters. The third kappa shape index (κ3) is 4.69. The first-order chi connectivity index (χ1) is 12.5. The highest BCUT2D eigenvalue weighted by Gasteiger charge is 2.47. The van der Waals surface area contributed by atoms with E-state index in [2.05, 4.69) is 0 Å². The van der Waals surface area contributed by atoms with Crippen LogP contribution in [0.2, 0.25) is 0 Å². The van der Waals surface area contributed by atoms with Crippen molar-refractivity contribution in [2.45, 2.75) is 57.2 Å². The quantitative estimate of drug-likeness (QED) is 0.827. The molecule has 0 spiro atoms. The van der Waals surface area contributed by atoms with Gasteiger partial charge in [0.1, 0.15) is 23.4 Å². The normalized spacial score (nSPS) is 22.8. The van der Waals surface area contributed by atoms with Crippen LogP contribution < -0.4 is 4.74 Å². The second kappa shape index (κ2) is 7.85. The molecule has 2 rings (SSSR count). The number of hydrogen-bond donors (Lipinski definition) is 2. The molecule has 8 nitrogen and oxygen atoms in total. The van der Waals surface area contributed by atoms with Gasteiger partial charge < -0.3 is 19.7 Å². The summed E-state index contributed by atoms with van der Waals surface area (Å²) < 4.78 is 10.6. The Labute approximate surface area is 157 Å². The molecule has 0 saturated carbocycles. The molecule has 2 N–H and O–H groups in total. The third-order valence-corrected chi connectivity index (χ3v) is 4.44. The lowest BCUT2D eigenvalue weighted by molar-refractivity contribution is -0.153. The van der Waals surface area contributed by atoms with E-state index < -0.39 is 35.7 Å². The highest BCUT2D eigenvalue weighted by atomic mass is 16.6. The van der Waals surface area contributed by atoms with Crippen molar-refractivity contribution in [2.75, 3.05) is 7.11 Å². The van der Waals surface area contributed by atoms with E-state index in [1.54, 1.807) is 45.0 Å². The lowest BCUT2D eigenvalue weighted by Gasteiger charge is -2.42. The molecular weight excluding hydrogens is 354 g/mol. The minimum absolute atomic E-state index is 0.0682. The van der Waals surface area contributed by atoms with E-state index in [9.17, 15) is 24.6 Å². The van der Waals surface area contributed by atoms with Crippen LogP contribution in [0.5, 0.6) is 5.75 Å². The molecule has 27 heavy (non-hydrogen) atoms. The Bertz CT molecular complexity index is 701.